The first-order chi connectivity index (χ1) is 10.0. The SMILES string of the molecule is CNC(c1c(Br)cnn1CCN(C)C)C1CCC(C)CC1. The molecule has 1 unspecified atom stereocenters. The largest absolute Gasteiger partial charge is 0.311 e. The van der Waals surface area contributed by atoms with Crippen LogP contribution in [0.1, 0.15) is 44.3 Å². The lowest BCUT2D eigenvalue weighted by atomic mass is 9.78. The van der Waals surface area contributed by atoms with Crippen LogP contribution in [0.3, 0.4) is 0 Å². The molecule has 1 N–H and O–H groups in total. The topological polar surface area (TPSA) is 33.1 Å². The fourth-order valence-electron chi connectivity index (χ4n) is 3.37. The Morgan fingerprint density at radius 2 is 2.05 bits per heavy atom. The molecule has 21 heavy (non-hydrogen) atoms. The number of aromatic nitrogens is 2. The Morgan fingerprint density at radius 3 is 2.62 bits per heavy atom. The summed E-state index contributed by atoms with van der Waals surface area (Å²) < 4.78 is 3.31. The minimum Gasteiger partial charge on any atom is -0.311 e. The molecule has 0 saturated heterocycles. The molecular formula is C16H29BrN4. The Hall–Kier alpha value is -0.390. The first kappa shape index (κ1) is 17.0. The number of hydrogen-bond donors (Lipinski definition) is 1. The Balaban J connectivity index is 2.15. The monoisotopic (exact) mass is 356 g/mol. The molecule has 1 aromatic heterocycles. The maximum Gasteiger partial charge on any atom is 0.0698 e. The minimum atomic E-state index is 0.400. The van der Waals surface area contributed by atoms with Gasteiger partial charge in [0.15, 0.2) is 0 Å². The van der Waals surface area contributed by atoms with E-state index in [0.717, 1.165) is 29.4 Å². The van der Waals surface area contributed by atoms with Crippen LogP contribution < -0.4 is 5.32 Å². The van der Waals surface area contributed by atoms with Gasteiger partial charge in [-0.15, -0.1) is 0 Å². The molecule has 1 aromatic rings. The van der Waals surface area contributed by atoms with Crippen molar-refractivity contribution in [2.24, 2.45) is 11.8 Å². The van der Waals surface area contributed by atoms with Crippen molar-refractivity contribution in [3.05, 3.63) is 16.4 Å². The number of nitrogens with one attached hydrogen (secondary N) is 1. The van der Waals surface area contributed by atoms with Gasteiger partial charge in [0.05, 0.1) is 29.0 Å². The van der Waals surface area contributed by atoms with Gasteiger partial charge in [-0.25, -0.2) is 0 Å². The summed E-state index contributed by atoms with van der Waals surface area (Å²) in [5, 5.41) is 8.12. The normalized spacial score (nSPS) is 24.5. The lowest BCUT2D eigenvalue weighted by molar-refractivity contribution is 0.229. The number of nitrogens with zero attached hydrogens (tertiary/aromatic N) is 3. The van der Waals surface area contributed by atoms with Crippen molar-refractivity contribution in [3.8, 4) is 0 Å². The zero-order chi connectivity index (χ0) is 15.4. The Morgan fingerprint density at radius 1 is 1.38 bits per heavy atom. The van der Waals surface area contributed by atoms with Gasteiger partial charge in [0.25, 0.3) is 0 Å². The summed E-state index contributed by atoms with van der Waals surface area (Å²) in [5.74, 6) is 1.61. The molecule has 0 bridgehead atoms. The van der Waals surface area contributed by atoms with Crippen molar-refractivity contribution in [2.75, 3.05) is 27.7 Å². The molecule has 1 heterocycles. The maximum atomic E-state index is 4.57. The fraction of sp³-hybridized carbons (Fsp3) is 0.812. The summed E-state index contributed by atoms with van der Waals surface area (Å²) >= 11 is 3.71. The van der Waals surface area contributed by atoms with Gasteiger partial charge >= 0.3 is 0 Å². The highest BCUT2D eigenvalue weighted by atomic mass is 79.9. The molecule has 1 aliphatic rings. The van der Waals surface area contributed by atoms with Crippen molar-refractivity contribution in [3.63, 3.8) is 0 Å². The van der Waals surface area contributed by atoms with Gasteiger partial charge in [0, 0.05) is 6.54 Å². The predicted octanol–water partition coefficient (Wildman–Crippen LogP) is 3.29. The van der Waals surface area contributed by atoms with Crippen LogP contribution in [0.4, 0.5) is 0 Å². The highest BCUT2D eigenvalue weighted by Gasteiger charge is 2.29. The maximum absolute atomic E-state index is 4.57. The summed E-state index contributed by atoms with van der Waals surface area (Å²) in [6.45, 7) is 4.33. The van der Waals surface area contributed by atoms with Gasteiger partial charge in [-0.2, -0.15) is 5.10 Å². The molecule has 0 radical (unpaired) electrons. The molecule has 2 rings (SSSR count). The molecule has 0 amide bonds. The molecule has 1 aliphatic carbocycles. The summed E-state index contributed by atoms with van der Waals surface area (Å²) in [4.78, 5) is 2.20. The van der Waals surface area contributed by atoms with E-state index >= 15 is 0 Å². The van der Waals surface area contributed by atoms with E-state index in [-0.39, 0.29) is 0 Å². The van der Waals surface area contributed by atoms with Crippen LogP contribution in [0.5, 0.6) is 0 Å². The summed E-state index contributed by atoms with van der Waals surface area (Å²) in [6.07, 6.45) is 7.29. The van der Waals surface area contributed by atoms with Gasteiger partial charge in [-0.1, -0.05) is 19.8 Å². The van der Waals surface area contributed by atoms with E-state index in [1.54, 1.807) is 0 Å². The predicted molar refractivity (Wildman–Crippen MR) is 91.4 cm³/mol. The van der Waals surface area contributed by atoms with Crippen LogP contribution in [0, 0.1) is 11.8 Å². The molecule has 0 aliphatic heterocycles. The Bertz CT molecular complexity index is 435. The van der Waals surface area contributed by atoms with Crippen molar-refractivity contribution in [2.45, 2.75) is 45.2 Å². The highest BCUT2D eigenvalue weighted by molar-refractivity contribution is 9.10. The molecule has 1 saturated carbocycles. The minimum absolute atomic E-state index is 0.400. The van der Waals surface area contributed by atoms with Gasteiger partial charge < -0.3 is 10.2 Å². The smallest absolute Gasteiger partial charge is 0.0698 e. The van der Waals surface area contributed by atoms with E-state index in [1.165, 1.54) is 31.4 Å². The number of rotatable bonds is 6. The molecule has 1 atom stereocenters. The van der Waals surface area contributed by atoms with Gasteiger partial charge in [0.2, 0.25) is 0 Å². The third-order valence-corrected chi connectivity index (χ3v) is 5.34. The molecule has 5 heteroatoms. The number of halogens is 1. The number of likely N-dealkylation sites (N-methyl/N-ethyl adjacent to an activating group) is 1. The van der Waals surface area contributed by atoms with Crippen molar-refractivity contribution in [1.82, 2.24) is 20.0 Å². The first-order valence-electron chi connectivity index (χ1n) is 8.06. The molecule has 120 valence electrons. The molecular weight excluding hydrogens is 328 g/mol. The van der Waals surface area contributed by atoms with E-state index in [2.05, 4.69) is 64.0 Å². The van der Waals surface area contributed by atoms with Gasteiger partial charge in [0.1, 0.15) is 0 Å². The van der Waals surface area contributed by atoms with Gasteiger partial charge in [-0.05, 0) is 61.8 Å². The van der Waals surface area contributed by atoms with E-state index in [1.807, 2.05) is 6.20 Å². The van der Waals surface area contributed by atoms with Crippen LogP contribution in [0.15, 0.2) is 10.7 Å². The second-order valence-corrected chi connectivity index (χ2v) is 7.54. The van der Waals surface area contributed by atoms with Crippen LogP contribution in [-0.2, 0) is 6.54 Å². The first-order valence-corrected chi connectivity index (χ1v) is 8.85. The van der Waals surface area contributed by atoms with E-state index in [4.69, 9.17) is 0 Å². The Labute approximate surface area is 137 Å². The lowest BCUT2D eigenvalue weighted by Crippen LogP contribution is -2.31. The van der Waals surface area contributed by atoms with Crippen LogP contribution in [0.2, 0.25) is 0 Å². The van der Waals surface area contributed by atoms with E-state index < -0.39 is 0 Å². The third kappa shape index (κ3) is 4.30. The van der Waals surface area contributed by atoms with Crippen molar-refractivity contribution in [1.29, 1.82) is 0 Å². The fourth-order valence-corrected chi connectivity index (χ4v) is 3.91. The zero-order valence-electron chi connectivity index (χ0n) is 13.8. The summed E-state index contributed by atoms with van der Waals surface area (Å²) in [5.41, 5.74) is 1.32. The second-order valence-electron chi connectivity index (χ2n) is 6.69. The third-order valence-electron chi connectivity index (χ3n) is 4.73. The highest BCUT2D eigenvalue weighted by Crippen LogP contribution is 2.38. The second kappa shape index (κ2) is 7.75. The van der Waals surface area contributed by atoms with Crippen molar-refractivity contribution >= 4 is 15.9 Å². The average Bonchev–Trinajstić information content (AvgIpc) is 2.81. The Kier molecular flexibility index (Phi) is 6.26. The molecule has 4 nitrogen and oxygen atoms in total. The summed E-state index contributed by atoms with van der Waals surface area (Å²) in [7, 11) is 6.30. The standard InChI is InChI=1S/C16H29BrN4/c1-12-5-7-13(8-6-12)15(18-2)16-14(17)11-19-21(16)10-9-20(3)4/h11-13,15,18H,5-10H2,1-4H3. The van der Waals surface area contributed by atoms with E-state index in [9.17, 15) is 0 Å². The molecule has 0 aromatic carbocycles. The average molecular weight is 357 g/mol. The molecule has 1 fully saturated rings. The summed E-state index contributed by atoms with van der Waals surface area (Å²) in [6, 6.07) is 0.400. The van der Waals surface area contributed by atoms with Crippen LogP contribution in [-0.4, -0.2) is 42.4 Å². The van der Waals surface area contributed by atoms with E-state index in [0.29, 0.717) is 6.04 Å². The van der Waals surface area contributed by atoms with Crippen LogP contribution in [0.25, 0.3) is 0 Å². The zero-order valence-corrected chi connectivity index (χ0v) is 15.4. The lowest BCUT2D eigenvalue weighted by Gasteiger charge is -2.33. The molecule has 0 spiro atoms. The van der Waals surface area contributed by atoms with Crippen molar-refractivity contribution < 1.29 is 0 Å². The van der Waals surface area contributed by atoms with Gasteiger partial charge in [-0.3, -0.25) is 4.68 Å². The number of hydrogen-bond acceptors (Lipinski definition) is 3. The van der Waals surface area contributed by atoms with Crippen LogP contribution >= 0.6 is 15.9 Å². The quantitative estimate of drug-likeness (QED) is 0.848.